The average Bonchev–Trinajstić information content (AvgIpc) is 2.55. The molecule has 2 aromatic carbocycles. The van der Waals surface area contributed by atoms with Gasteiger partial charge < -0.3 is 10.0 Å². The van der Waals surface area contributed by atoms with Crippen LogP contribution >= 0.6 is 0 Å². The van der Waals surface area contributed by atoms with Gasteiger partial charge in [-0.25, -0.2) is 0 Å². The van der Waals surface area contributed by atoms with Crippen LogP contribution in [0.1, 0.15) is 34.0 Å². The summed E-state index contributed by atoms with van der Waals surface area (Å²) >= 11 is 0. The van der Waals surface area contributed by atoms with Gasteiger partial charge in [0.25, 0.3) is 5.91 Å². The molecular formula is C18H19NO2. The van der Waals surface area contributed by atoms with Gasteiger partial charge in [-0.3, -0.25) is 4.79 Å². The van der Waals surface area contributed by atoms with Crippen molar-refractivity contribution in [3.05, 3.63) is 71.3 Å². The molecule has 1 heterocycles. The highest BCUT2D eigenvalue weighted by atomic mass is 16.3. The van der Waals surface area contributed by atoms with Crippen molar-refractivity contribution in [1.29, 1.82) is 0 Å². The number of aliphatic hydroxyl groups excluding tert-OH is 1. The Bertz CT molecular complexity index is 624. The third-order valence-electron chi connectivity index (χ3n) is 4.04. The second kappa shape index (κ2) is 6.10. The summed E-state index contributed by atoms with van der Waals surface area (Å²) in [5.41, 5.74) is 2.84. The molecule has 3 heteroatoms. The lowest BCUT2D eigenvalue weighted by molar-refractivity contribution is 0.0699. The van der Waals surface area contributed by atoms with Gasteiger partial charge in [0.15, 0.2) is 0 Å². The first-order chi connectivity index (χ1) is 10.3. The van der Waals surface area contributed by atoms with Crippen molar-refractivity contribution < 1.29 is 9.90 Å². The van der Waals surface area contributed by atoms with Gasteiger partial charge in [0.1, 0.15) is 0 Å². The fraction of sp³-hybridized carbons (Fsp3) is 0.278. The molecule has 1 aliphatic rings. The molecule has 3 rings (SSSR count). The molecule has 0 aromatic heterocycles. The van der Waals surface area contributed by atoms with Gasteiger partial charge in [-0.2, -0.15) is 0 Å². The molecule has 0 saturated carbocycles. The van der Waals surface area contributed by atoms with E-state index in [1.54, 1.807) is 0 Å². The average molecular weight is 281 g/mol. The van der Waals surface area contributed by atoms with Crippen LogP contribution in [-0.2, 0) is 6.42 Å². The molecule has 2 aromatic rings. The molecule has 0 bridgehead atoms. The van der Waals surface area contributed by atoms with Crippen LogP contribution in [0.15, 0.2) is 54.6 Å². The van der Waals surface area contributed by atoms with Crippen LogP contribution in [-0.4, -0.2) is 29.0 Å². The predicted octanol–water partition coefficient (Wildman–Crippen LogP) is 2.81. The number of hydrogen-bond donors (Lipinski definition) is 1. The third-order valence-corrected chi connectivity index (χ3v) is 4.04. The smallest absolute Gasteiger partial charge is 0.254 e. The van der Waals surface area contributed by atoms with Crippen LogP contribution in [0.25, 0.3) is 0 Å². The first-order valence-corrected chi connectivity index (χ1v) is 7.36. The second-order valence-electron chi connectivity index (χ2n) is 5.41. The molecule has 1 N–H and O–H groups in total. The van der Waals surface area contributed by atoms with Crippen LogP contribution < -0.4 is 0 Å². The Morgan fingerprint density at radius 2 is 1.76 bits per heavy atom. The van der Waals surface area contributed by atoms with Crippen LogP contribution in [0.2, 0.25) is 0 Å². The van der Waals surface area contributed by atoms with Gasteiger partial charge in [-0.05, 0) is 30.0 Å². The zero-order chi connectivity index (χ0) is 14.7. The Morgan fingerprint density at radius 3 is 2.57 bits per heavy atom. The summed E-state index contributed by atoms with van der Waals surface area (Å²) in [5, 5.41) is 10.2. The number of hydrogen-bond acceptors (Lipinski definition) is 2. The summed E-state index contributed by atoms with van der Waals surface area (Å²) in [6.07, 6.45) is 0.942. The fourth-order valence-corrected chi connectivity index (χ4v) is 2.81. The van der Waals surface area contributed by atoms with E-state index >= 15 is 0 Å². The summed E-state index contributed by atoms with van der Waals surface area (Å²) < 4.78 is 0. The SMILES string of the molecule is O=C1c2ccccc2CCN1CCC(O)c1ccccc1. The zero-order valence-electron chi connectivity index (χ0n) is 11.9. The number of amides is 1. The molecule has 0 radical (unpaired) electrons. The summed E-state index contributed by atoms with van der Waals surface area (Å²) in [6, 6.07) is 17.4. The van der Waals surface area contributed by atoms with E-state index in [2.05, 4.69) is 0 Å². The standard InChI is InChI=1S/C18H19NO2/c20-17(15-7-2-1-3-8-15)11-13-19-12-10-14-6-4-5-9-16(14)18(19)21/h1-9,17,20H,10-13H2. The van der Waals surface area contributed by atoms with Gasteiger partial charge in [-0.15, -0.1) is 0 Å². The van der Waals surface area contributed by atoms with Crippen LogP contribution in [0.4, 0.5) is 0 Å². The molecule has 3 nitrogen and oxygen atoms in total. The first-order valence-electron chi connectivity index (χ1n) is 7.36. The van der Waals surface area contributed by atoms with Crippen LogP contribution in [0.5, 0.6) is 0 Å². The van der Waals surface area contributed by atoms with E-state index in [0.717, 1.165) is 29.7 Å². The second-order valence-corrected chi connectivity index (χ2v) is 5.41. The number of rotatable bonds is 4. The van der Waals surface area contributed by atoms with Gasteiger partial charge >= 0.3 is 0 Å². The van der Waals surface area contributed by atoms with E-state index < -0.39 is 6.10 Å². The van der Waals surface area contributed by atoms with Crippen molar-refractivity contribution in [3.8, 4) is 0 Å². The van der Waals surface area contributed by atoms with Gasteiger partial charge in [0, 0.05) is 18.7 Å². The summed E-state index contributed by atoms with van der Waals surface area (Å²) in [4.78, 5) is 14.3. The van der Waals surface area contributed by atoms with E-state index in [4.69, 9.17) is 0 Å². The molecule has 0 spiro atoms. The summed E-state index contributed by atoms with van der Waals surface area (Å²) in [6.45, 7) is 1.32. The number of carbonyl (C=O) groups excluding carboxylic acids is 1. The zero-order valence-corrected chi connectivity index (χ0v) is 11.9. The quantitative estimate of drug-likeness (QED) is 0.936. The molecule has 108 valence electrons. The largest absolute Gasteiger partial charge is 0.388 e. The fourth-order valence-electron chi connectivity index (χ4n) is 2.81. The van der Waals surface area contributed by atoms with Gasteiger partial charge in [0.05, 0.1) is 6.10 Å². The summed E-state index contributed by atoms with van der Waals surface area (Å²) in [5.74, 6) is 0.0807. The maximum absolute atomic E-state index is 12.4. The van der Waals surface area contributed by atoms with Crippen molar-refractivity contribution in [2.75, 3.05) is 13.1 Å². The Hall–Kier alpha value is -2.13. The number of benzene rings is 2. The molecule has 1 atom stereocenters. The van der Waals surface area contributed by atoms with Gasteiger partial charge in [-0.1, -0.05) is 48.5 Å². The van der Waals surface area contributed by atoms with E-state index in [1.807, 2.05) is 59.5 Å². The molecular weight excluding hydrogens is 262 g/mol. The lowest BCUT2D eigenvalue weighted by atomic mass is 9.98. The maximum atomic E-state index is 12.4. The monoisotopic (exact) mass is 281 g/mol. The molecule has 1 amide bonds. The Morgan fingerprint density at radius 1 is 1.05 bits per heavy atom. The van der Waals surface area contributed by atoms with E-state index in [0.29, 0.717) is 13.0 Å². The predicted molar refractivity (Wildman–Crippen MR) is 82.1 cm³/mol. The topological polar surface area (TPSA) is 40.5 Å². The minimum Gasteiger partial charge on any atom is -0.388 e. The van der Waals surface area contributed by atoms with Crippen molar-refractivity contribution >= 4 is 5.91 Å². The number of carbonyl (C=O) groups is 1. The molecule has 1 aliphatic heterocycles. The minimum atomic E-state index is -0.517. The normalized spacial score (nSPS) is 15.7. The molecule has 21 heavy (non-hydrogen) atoms. The van der Waals surface area contributed by atoms with Crippen molar-refractivity contribution in [2.45, 2.75) is 18.9 Å². The lowest BCUT2D eigenvalue weighted by Gasteiger charge is -2.29. The highest BCUT2D eigenvalue weighted by Gasteiger charge is 2.24. The van der Waals surface area contributed by atoms with E-state index in [1.165, 1.54) is 0 Å². The van der Waals surface area contributed by atoms with Gasteiger partial charge in [0.2, 0.25) is 0 Å². The van der Waals surface area contributed by atoms with E-state index in [-0.39, 0.29) is 5.91 Å². The van der Waals surface area contributed by atoms with Crippen LogP contribution in [0, 0.1) is 0 Å². The van der Waals surface area contributed by atoms with Crippen LogP contribution in [0.3, 0.4) is 0 Å². The Kier molecular flexibility index (Phi) is 4.02. The highest BCUT2D eigenvalue weighted by molar-refractivity contribution is 5.96. The first kappa shape index (κ1) is 13.8. The number of fused-ring (bicyclic) bond motifs is 1. The Balaban J connectivity index is 1.63. The van der Waals surface area contributed by atoms with Crippen molar-refractivity contribution in [1.82, 2.24) is 4.90 Å². The van der Waals surface area contributed by atoms with E-state index in [9.17, 15) is 9.90 Å². The lowest BCUT2D eigenvalue weighted by Crippen LogP contribution is -2.38. The number of nitrogens with zero attached hydrogens (tertiary/aromatic N) is 1. The summed E-state index contributed by atoms with van der Waals surface area (Å²) in [7, 11) is 0. The third kappa shape index (κ3) is 2.98. The molecule has 0 aliphatic carbocycles. The number of aliphatic hydroxyl groups is 1. The Labute approximate surface area is 124 Å². The maximum Gasteiger partial charge on any atom is 0.254 e. The minimum absolute atomic E-state index is 0.0807. The highest BCUT2D eigenvalue weighted by Crippen LogP contribution is 2.21. The van der Waals surface area contributed by atoms with Crippen molar-refractivity contribution in [3.63, 3.8) is 0 Å². The molecule has 0 saturated heterocycles. The molecule has 1 unspecified atom stereocenters. The van der Waals surface area contributed by atoms with Crippen molar-refractivity contribution in [2.24, 2.45) is 0 Å². The molecule has 0 fully saturated rings.